The van der Waals surface area contributed by atoms with E-state index in [0.29, 0.717) is 12.0 Å². The number of aromatic nitrogens is 3. The minimum Gasteiger partial charge on any atom is -0.343 e. The summed E-state index contributed by atoms with van der Waals surface area (Å²) in [6, 6.07) is 6.55. The van der Waals surface area contributed by atoms with Crippen molar-refractivity contribution in [2.75, 3.05) is 13.1 Å². The largest absolute Gasteiger partial charge is 0.343 e. The zero-order chi connectivity index (χ0) is 17.1. The van der Waals surface area contributed by atoms with Gasteiger partial charge in [-0.15, -0.1) is 0 Å². The summed E-state index contributed by atoms with van der Waals surface area (Å²) >= 11 is 0. The van der Waals surface area contributed by atoms with Gasteiger partial charge in [-0.25, -0.2) is 0 Å². The first-order valence-corrected chi connectivity index (χ1v) is 8.79. The number of hydrogen-bond donors (Lipinski definition) is 0. The SMILES string of the molecule is CC(=O)N1CCC(Cc2cccnc2-c2ccnn2C(C)C)CC1. The second kappa shape index (κ2) is 7.16. The van der Waals surface area contributed by atoms with E-state index in [1.165, 1.54) is 5.56 Å². The molecule has 0 N–H and O–H groups in total. The quantitative estimate of drug-likeness (QED) is 0.866. The Kier molecular flexibility index (Phi) is 4.97. The number of piperidine rings is 1. The van der Waals surface area contributed by atoms with Gasteiger partial charge < -0.3 is 4.90 Å². The molecule has 2 aromatic rings. The first-order valence-electron chi connectivity index (χ1n) is 8.79. The summed E-state index contributed by atoms with van der Waals surface area (Å²) < 4.78 is 2.03. The van der Waals surface area contributed by atoms with Crippen LogP contribution in [0.2, 0.25) is 0 Å². The maximum atomic E-state index is 11.5. The Morgan fingerprint density at radius 1 is 1.25 bits per heavy atom. The smallest absolute Gasteiger partial charge is 0.219 e. The van der Waals surface area contributed by atoms with E-state index < -0.39 is 0 Å². The molecule has 0 saturated carbocycles. The predicted molar refractivity (Wildman–Crippen MR) is 94.5 cm³/mol. The van der Waals surface area contributed by atoms with E-state index in [2.05, 4.69) is 30.0 Å². The number of rotatable bonds is 4. The Morgan fingerprint density at radius 2 is 2.00 bits per heavy atom. The van der Waals surface area contributed by atoms with E-state index in [-0.39, 0.29) is 5.91 Å². The maximum Gasteiger partial charge on any atom is 0.219 e. The van der Waals surface area contributed by atoms with Crippen LogP contribution in [0.3, 0.4) is 0 Å². The van der Waals surface area contributed by atoms with Crippen LogP contribution in [0.15, 0.2) is 30.6 Å². The van der Waals surface area contributed by atoms with Crippen molar-refractivity contribution >= 4 is 5.91 Å². The molecule has 3 rings (SSSR count). The summed E-state index contributed by atoms with van der Waals surface area (Å²) in [5.74, 6) is 0.801. The molecular weight excluding hydrogens is 300 g/mol. The van der Waals surface area contributed by atoms with Crippen LogP contribution in [-0.4, -0.2) is 38.7 Å². The van der Waals surface area contributed by atoms with Gasteiger partial charge in [-0.1, -0.05) is 6.07 Å². The number of pyridine rings is 1. The third-order valence-corrected chi connectivity index (χ3v) is 4.86. The van der Waals surface area contributed by atoms with Crippen molar-refractivity contribution in [3.8, 4) is 11.4 Å². The summed E-state index contributed by atoms with van der Waals surface area (Å²) in [7, 11) is 0. The maximum absolute atomic E-state index is 11.5. The summed E-state index contributed by atoms with van der Waals surface area (Å²) in [5, 5.41) is 4.44. The molecule has 5 nitrogen and oxygen atoms in total. The van der Waals surface area contributed by atoms with Crippen LogP contribution in [0.1, 0.15) is 45.2 Å². The number of amides is 1. The van der Waals surface area contributed by atoms with Crippen LogP contribution in [0.25, 0.3) is 11.4 Å². The highest BCUT2D eigenvalue weighted by Gasteiger charge is 2.22. The van der Waals surface area contributed by atoms with Gasteiger partial charge in [0.1, 0.15) is 0 Å². The van der Waals surface area contributed by atoms with Gasteiger partial charge in [-0.3, -0.25) is 14.5 Å². The Balaban J connectivity index is 1.78. The van der Waals surface area contributed by atoms with Gasteiger partial charge in [0.15, 0.2) is 0 Å². The van der Waals surface area contributed by atoms with E-state index in [1.54, 1.807) is 6.92 Å². The third kappa shape index (κ3) is 3.50. The van der Waals surface area contributed by atoms with Crippen LogP contribution in [0, 0.1) is 5.92 Å². The van der Waals surface area contributed by atoms with Gasteiger partial charge in [-0.2, -0.15) is 5.10 Å². The van der Waals surface area contributed by atoms with E-state index in [9.17, 15) is 4.79 Å². The summed E-state index contributed by atoms with van der Waals surface area (Å²) in [4.78, 5) is 18.1. The van der Waals surface area contributed by atoms with Gasteiger partial charge in [-0.05, 0) is 56.7 Å². The van der Waals surface area contributed by atoms with Gasteiger partial charge in [0, 0.05) is 38.4 Å². The lowest BCUT2D eigenvalue weighted by atomic mass is 9.89. The summed E-state index contributed by atoms with van der Waals surface area (Å²) in [6.45, 7) is 7.68. The fourth-order valence-corrected chi connectivity index (χ4v) is 3.51. The highest BCUT2D eigenvalue weighted by atomic mass is 16.2. The van der Waals surface area contributed by atoms with Gasteiger partial charge in [0.2, 0.25) is 5.91 Å². The predicted octanol–water partition coefficient (Wildman–Crippen LogP) is 3.33. The van der Waals surface area contributed by atoms with Crippen LogP contribution >= 0.6 is 0 Å². The standard InChI is InChI=1S/C19H26N4O/c1-14(2)23-18(6-10-21-23)19-17(5-4-9-20-19)13-16-7-11-22(12-8-16)15(3)24/h4-6,9-10,14,16H,7-8,11-13H2,1-3H3. The zero-order valence-electron chi connectivity index (χ0n) is 14.8. The van der Waals surface area contributed by atoms with Crippen LogP contribution in [0.5, 0.6) is 0 Å². The minimum atomic E-state index is 0.191. The molecule has 128 valence electrons. The molecule has 0 aliphatic carbocycles. The average Bonchev–Trinajstić information content (AvgIpc) is 3.05. The van der Waals surface area contributed by atoms with E-state index in [4.69, 9.17) is 0 Å². The molecular formula is C19H26N4O. The van der Waals surface area contributed by atoms with Gasteiger partial charge in [0.25, 0.3) is 0 Å². The molecule has 1 aliphatic heterocycles. The number of likely N-dealkylation sites (tertiary alicyclic amines) is 1. The van der Waals surface area contributed by atoms with Crippen LogP contribution in [0.4, 0.5) is 0 Å². The molecule has 5 heteroatoms. The normalized spacial score (nSPS) is 15.9. The Bertz CT molecular complexity index is 699. The Morgan fingerprint density at radius 3 is 2.67 bits per heavy atom. The lowest BCUT2D eigenvalue weighted by molar-refractivity contribution is -0.130. The molecule has 0 bridgehead atoms. The fourth-order valence-electron chi connectivity index (χ4n) is 3.51. The van der Waals surface area contributed by atoms with Crippen molar-refractivity contribution in [2.24, 2.45) is 5.92 Å². The van der Waals surface area contributed by atoms with Crippen molar-refractivity contribution in [1.82, 2.24) is 19.7 Å². The first kappa shape index (κ1) is 16.7. The van der Waals surface area contributed by atoms with Crippen molar-refractivity contribution in [2.45, 2.75) is 46.1 Å². The second-order valence-electron chi connectivity index (χ2n) is 6.92. The lowest BCUT2D eigenvalue weighted by Crippen LogP contribution is -2.37. The van der Waals surface area contributed by atoms with Crippen molar-refractivity contribution in [3.63, 3.8) is 0 Å². The molecule has 3 heterocycles. The molecule has 0 radical (unpaired) electrons. The average molecular weight is 326 g/mol. The minimum absolute atomic E-state index is 0.191. The van der Waals surface area contributed by atoms with Crippen molar-refractivity contribution in [3.05, 3.63) is 36.2 Å². The molecule has 24 heavy (non-hydrogen) atoms. The molecule has 1 saturated heterocycles. The molecule has 0 unspecified atom stereocenters. The van der Waals surface area contributed by atoms with Crippen LogP contribution in [-0.2, 0) is 11.2 Å². The Hall–Kier alpha value is -2.17. The zero-order valence-corrected chi connectivity index (χ0v) is 14.8. The van der Waals surface area contributed by atoms with Crippen molar-refractivity contribution < 1.29 is 4.79 Å². The molecule has 0 spiro atoms. The molecule has 1 aliphatic rings. The number of nitrogens with zero attached hydrogens (tertiary/aromatic N) is 4. The fraction of sp³-hybridized carbons (Fsp3) is 0.526. The lowest BCUT2D eigenvalue weighted by Gasteiger charge is -2.31. The van der Waals surface area contributed by atoms with E-state index in [1.807, 2.05) is 34.1 Å². The van der Waals surface area contributed by atoms with Crippen molar-refractivity contribution in [1.29, 1.82) is 0 Å². The van der Waals surface area contributed by atoms with Crippen LogP contribution < -0.4 is 0 Å². The highest BCUT2D eigenvalue weighted by molar-refractivity contribution is 5.73. The summed E-state index contributed by atoms with van der Waals surface area (Å²) in [5.41, 5.74) is 3.40. The molecule has 0 aromatic carbocycles. The highest BCUT2D eigenvalue weighted by Crippen LogP contribution is 2.28. The summed E-state index contributed by atoms with van der Waals surface area (Å²) in [6.07, 6.45) is 6.85. The van der Waals surface area contributed by atoms with Gasteiger partial charge in [0.05, 0.1) is 11.4 Å². The third-order valence-electron chi connectivity index (χ3n) is 4.86. The van der Waals surface area contributed by atoms with E-state index in [0.717, 1.165) is 43.7 Å². The Labute approximate surface area is 143 Å². The molecule has 1 amide bonds. The monoisotopic (exact) mass is 326 g/mol. The molecule has 2 aromatic heterocycles. The van der Waals surface area contributed by atoms with E-state index >= 15 is 0 Å². The first-order chi connectivity index (χ1) is 11.6. The molecule has 1 fully saturated rings. The molecule has 0 atom stereocenters. The second-order valence-corrected chi connectivity index (χ2v) is 6.92. The topological polar surface area (TPSA) is 51.0 Å². The number of hydrogen-bond acceptors (Lipinski definition) is 3. The van der Waals surface area contributed by atoms with Gasteiger partial charge >= 0.3 is 0 Å². The number of carbonyl (C=O) groups is 1. The number of carbonyl (C=O) groups excluding carboxylic acids is 1.